The number of hydrogen-bond donors (Lipinski definition) is 0. The standard InChI is InChI=1S/C18H18F3NO3/c1-24-14-7-9-22(10-8-14)17(23)16-6-5-15(25-16)12-3-2-4-13(11-12)18(19,20)21/h2-6,11,14H,7-10H2,1H3. The van der Waals surface area contributed by atoms with Gasteiger partial charge < -0.3 is 14.1 Å². The third kappa shape index (κ3) is 3.87. The number of nitrogens with zero attached hydrogens (tertiary/aromatic N) is 1. The molecule has 4 nitrogen and oxygen atoms in total. The Kier molecular flexibility index (Phi) is 4.85. The highest BCUT2D eigenvalue weighted by Crippen LogP contribution is 2.32. The fraction of sp³-hybridized carbons (Fsp3) is 0.389. The molecule has 0 aliphatic carbocycles. The Labute approximate surface area is 143 Å². The molecular formula is C18H18F3NO3. The summed E-state index contributed by atoms with van der Waals surface area (Å²) in [6, 6.07) is 7.87. The van der Waals surface area contributed by atoms with Crippen molar-refractivity contribution < 1.29 is 27.1 Å². The largest absolute Gasteiger partial charge is 0.451 e. The lowest BCUT2D eigenvalue weighted by Gasteiger charge is -2.30. The van der Waals surface area contributed by atoms with Crippen LogP contribution in [0.4, 0.5) is 13.2 Å². The summed E-state index contributed by atoms with van der Waals surface area (Å²) >= 11 is 0. The maximum atomic E-state index is 12.8. The Balaban J connectivity index is 1.76. The second-order valence-corrected chi connectivity index (χ2v) is 5.97. The zero-order valence-corrected chi connectivity index (χ0v) is 13.7. The number of piperidine rings is 1. The van der Waals surface area contributed by atoms with Crippen LogP contribution in [0.3, 0.4) is 0 Å². The van der Waals surface area contributed by atoms with Crippen LogP contribution in [0.15, 0.2) is 40.8 Å². The predicted molar refractivity (Wildman–Crippen MR) is 85.1 cm³/mol. The zero-order chi connectivity index (χ0) is 18.0. The Morgan fingerprint density at radius 1 is 1.20 bits per heavy atom. The van der Waals surface area contributed by atoms with Crippen molar-refractivity contribution in [2.75, 3.05) is 20.2 Å². The molecule has 134 valence electrons. The van der Waals surface area contributed by atoms with Crippen molar-refractivity contribution in [1.82, 2.24) is 4.90 Å². The third-order valence-electron chi connectivity index (χ3n) is 4.35. The third-order valence-corrected chi connectivity index (χ3v) is 4.35. The van der Waals surface area contributed by atoms with Crippen LogP contribution in [0.25, 0.3) is 11.3 Å². The molecule has 1 fully saturated rings. The van der Waals surface area contributed by atoms with Gasteiger partial charge in [0, 0.05) is 25.8 Å². The molecule has 1 saturated heterocycles. The van der Waals surface area contributed by atoms with Crippen LogP contribution in [0.1, 0.15) is 29.0 Å². The number of alkyl halides is 3. The van der Waals surface area contributed by atoms with Crippen LogP contribution < -0.4 is 0 Å². The van der Waals surface area contributed by atoms with Crippen LogP contribution in [-0.4, -0.2) is 37.1 Å². The Morgan fingerprint density at radius 2 is 1.92 bits per heavy atom. The number of benzene rings is 1. The molecule has 1 aliphatic heterocycles. The highest BCUT2D eigenvalue weighted by Gasteiger charge is 2.31. The fourth-order valence-electron chi connectivity index (χ4n) is 2.91. The molecule has 2 aromatic rings. The molecule has 0 radical (unpaired) electrons. The molecule has 0 unspecified atom stereocenters. The number of carbonyl (C=O) groups excluding carboxylic acids is 1. The normalized spacial score (nSPS) is 16.2. The fourth-order valence-corrected chi connectivity index (χ4v) is 2.91. The lowest BCUT2D eigenvalue weighted by atomic mass is 10.1. The van der Waals surface area contributed by atoms with E-state index in [-0.39, 0.29) is 29.1 Å². The van der Waals surface area contributed by atoms with Gasteiger partial charge in [-0.25, -0.2) is 0 Å². The molecule has 1 aromatic carbocycles. The van der Waals surface area contributed by atoms with Crippen molar-refractivity contribution in [2.24, 2.45) is 0 Å². The average molecular weight is 353 g/mol. The molecular weight excluding hydrogens is 335 g/mol. The molecule has 1 amide bonds. The van der Waals surface area contributed by atoms with Gasteiger partial charge in [0.1, 0.15) is 5.76 Å². The molecule has 0 N–H and O–H groups in total. The molecule has 7 heteroatoms. The molecule has 0 atom stereocenters. The molecule has 1 aliphatic rings. The van der Waals surface area contributed by atoms with Crippen LogP contribution in [0.5, 0.6) is 0 Å². The molecule has 0 saturated carbocycles. The topological polar surface area (TPSA) is 42.7 Å². The van der Waals surface area contributed by atoms with Gasteiger partial charge in [0.2, 0.25) is 0 Å². The minimum Gasteiger partial charge on any atom is -0.451 e. The van der Waals surface area contributed by atoms with Gasteiger partial charge in [0.15, 0.2) is 5.76 Å². The zero-order valence-electron chi connectivity index (χ0n) is 13.7. The molecule has 0 spiro atoms. The summed E-state index contributed by atoms with van der Waals surface area (Å²) in [7, 11) is 1.65. The first-order valence-corrected chi connectivity index (χ1v) is 7.98. The monoisotopic (exact) mass is 353 g/mol. The van der Waals surface area contributed by atoms with Crippen LogP contribution in [0, 0.1) is 0 Å². The number of furan rings is 1. The lowest BCUT2D eigenvalue weighted by molar-refractivity contribution is -0.137. The van der Waals surface area contributed by atoms with E-state index in [9.17, 15) is 18.0 Å². The molecule has 2 heterocycles. The van der Waals surface area contributed by atoms with E-state index in [1.54, 1.807) is 12.0 Å². The number of halogens is 3. The van der Waals surface area contributed by atoms with Gasteiger partial charge in [0.25, 0.3) is 5.91 Å². The summed E-state index contributed by atoms with van der Waals surface area (Å²) in [5.74, 6) is 0.109. The van der Waals surface area contributed by atoms with Gasteiger partial charge in [-0.3, -0.25) is 4.79 Å². The van der Waals surface area contributed by atoms with Gasteiger partial charge in [-0.1, -0.05) is 12.1 Å². The first-order valence-electron chi connectivity index (χ1n) is 7.98. The molecule has 0 bridgehead atoms. The summed E-state index contributed by atoms with van der Waals surface area (Å²) < 4.78 is 49.2. The van der Waals surface area contributed by atoms with Crippen molar-refractivity contribution in [1.29, 1.82) is 0 Å². The summed E-state index contributed by atoms with van der Waals surface area (Å²) in [5, 5.41) is 0. The molecule has 3 rings (SSSR count). The van der Waals surface area contributed by atoms with Crippen molar-refractivity contribution >= 4 is 5.91 Å². The minimum absolute atomic E-state index is 0.128. The van der Waals surface area contributed by atoms with E-state index < -0.39 is 11.7 Å². The van der Waals surface area contributed by atoms with Gasteiger partial charge in [-0.05, 0) is 37.1 Å². The first kappa shape index (κ1) is 17.5. The number of carbonyl (C=O) groups is 1. The van der Waals surface area contributed by atoms with Crippen molar-refractivity contribution in [3.63, 3.8) is 0 Å². The van der Waals surface area contributed by atoms with Crippen molar-refractivity contribution in [3.8, 4) is 11.3 Å². The van der Waals surface area contributed by atoms with E-state index in [4.69, 9.17) is 9.15 Å². The number of ether oxygens (including phenoxy) is 1. The van der Waals surface area contributed by atoms with Crippen LogP contribution >= 0.6 is 0 Å². The van der Waals surface area contributed by atoms with Gasteiger partial charge in [-0.2, -0.15) is 13.2 Å². The van der Waals surface area contributed by atoms with E-state index in [1.807, 2.05) is 0 Å². The first-order chi connectivity index (χ1) is 11.9. The van der Waals surface area contributed by atoms with Gasteiger partial charge in [0.05, 0.1) is 11.7 Å². The SMILES string of the molecule is COC1CCN(C(=O)c2ccc(-c3cccc(C(F)(F)F)c3)o2)CC1. The summed E-state index contributed by atoms with van der Waals surface area (Å²) in [6.07, 6.45) is -2.76. The molecule has 25 heavy (non-hydrogen) atoms. The summed E-state index contributed by atoms with van der Waals surface area (Å²) in [5.41, 5.74) is -0.470. The maximum absolute atomic E-state index is 12.8. The van der Waals surface area contributed by atoms with Crippen LogP contribution in [-0.2, 0) is 10.9 Å². The van der Waals surface area contributed by atoms with E-state index in [2.05, 4.69) is 0 Å². The number of likely N-dealkylation sites (tertiary alicyclic amines) is 1. The van der Waals surface area contributed by atoms with Gasteiger partial charge >= 0.3 is 6.18 Å². The highest BCUT2D eigenvalue weighted by molar-refractivity contribution is 5.92. The Bertz CT molecular complexity index is 746. The summed E-state index contributed by atoms with van der Waals surface area (Å²) in [6.45, 7) is 1.13. The molecule has 1 aromatic heterocycles. The van der Waals surface area contributed by atoms with E-state index >= 15 is 0 Å². The number of rotatable bonds is 3. The van der Waals surface area contributed by atoms with E-state index in [0.717, 1.165) is 25.0 Å². The number of hydrogen-bond acceptors (Lipinski definition) is 3. The van der Waals surface area contributed by atoms with E-state index in [1.165, 1.54) is 24.3 Å². The number of methoxy groups -OCH3 is 1. The maximum Gasteiger partial charge on any atom is 0.416 e. The Morgan fingerprint density at radius 3 is 2.56 bits per heavy atom. The van der Waals surface area contributed by atoms with Crippen molar-refractivity contribution in [3.05, 3.63) is 47.7 Å². The number of amides is 1. The summed E-state index contributed by atoms with van der Waals surface area (Å²) in [4.78, 5) is 14.1. The second-order valence-electron chi connectivity index (χ2n) is 5.97. The highest BCUT2D eigenvalue weighted by atomic mass is 19.4. The minimum atomic E-state index is -4.42. The second kappa shape index (κ2) is 6.92. The average Bonchev–Trinajstić information content (AvgIpc) is 3.11. The van der Waals surface area contributed by atoms with Crippen molar-refractivity contribution in [2.45, 2.75) is 25.1 Å². The Hall–Kier alpha value is -2.28. The predicted octanol–water partition coefficient (Wildman–Crippen LogP) is 4.22. The van der Waals surface area contributed by atoms with Gasteiger partial charge in [-0.15, -0.1) is 0 Å². The smallest absolute Gasteiger partial charge is 0.416 e. The van der Waals surface area contributed by atoms with E-state index in [0.29, 0.717) is 13.1 Å². The van der Waals surface area contributed by atoms with Crippen LogP contribution in [0.2, 0.25) is 0 Å². The lowest BCUT2D eigenvalue weighted by Crippen LogP contribution is -2.40. The quantitative estimate of drug-likeness (QED) is 0.830.